The smallest absolute Gasteiger partial charge is 0.262 e. The maximum Gasteiger partial charge on any atom is 0.262 e. The quantitative estimate of drug-likeness (QED) is 0.888. The molecule has 1 aromatic carbocycles. The number of nitrogens with zero attached hydrogens (tertiary/aromatic N) is 1. The number of likely N-dealkylation sites (N-methyl/N-ethyl adjacent to an activating group) is 1. The summed E-state index contributed by atoms with van der Waals surface area (Å²) in [5.41, 5.74) is 0.722. The van der Waals surface area contributed by atoms with Crippen molar-refractivity contribution in [3.63, 3.8) is 0 Å². The summed E-state index contributed by atoms with van der Waals surface area (Å²) in [6.07, 6.45) is -0.684. The molecule has 0 spiro atoms. The molecule has 126 valence electrons. The highest BCUT2D eigenvalue weighted by Crippen LogP contribution is 2.33. The van der Waals surface area contributed by atoms with E-state index in [1.807, 2.05) is 29.6 Å². The number of thioether (sulfide) groups is 1. The summed E-state index contributed by atoms with van der Waals surface area (Å²) < 4.78 is 5.72. The van der Waals surface area contributed by atoms with Gasteiger partial charge in [0.15, 0.2) is 6.10 Å². The number of anilines is 1. The second kappa shape index (κ2) is 7.72. The van der Waals surface area contributed by atoms with Crippen LogP contribution in [0.15, 0.2) is 41.8 Å². The standard InChI is InChI=1S/C17H18N2O3S2/c1-18-17(21)15-9-19(13-6-2-3-7-14(13)22-15)16(20)11-23-10-12-5-4-8-24-12/h2-8,15H,9-11H2,1H3,(H,18,21)/t15-/m1/s1. The third-order valence-corrected chi connectivity index (χ3v) is 5.69. The lowest BCUT2D eigenvalue weighted by atomic mass is 10.2. The average molecular weight is 362 g/mol. The van der Waals surface area contributed by atoms with Crippen molar-refractivity contribution in [2.24, 2.45) is 0 Å². The van der Waals surface area contributed by atoms with Crippen LogP contribution in [0, 0.1) is 0 Å². The Morgan fingerprint density at radius 1 is 1.33 bits per heavy atom. The Morgan fingerprint density at radius 2 is 2.17 bits per heavy atom. The summed E-state index contributed by atoms with van der Waals surface area (Å²) in [5, 5.41) is 4.61. The van der Waals surface area contributed by atoms with Gasteiger partial charge < -0.3 is 15.0 Å². The molecule has 1 aliphatic heterocycles. The van der Waals surface area contributed by atoms with Gasteiger partial charge in [-0.3, -0.25) is 9.59 Å². The molecule has 24 heavy (non-hydrogen) atoms. The zero-order valence-corrected chi connectivity index (χ0v) is 14.9. The van der Waals surface area contributed by atoms with Crippen LogP contribution in [0.25, 0.3) is 0 Å². The zero-order valence-electron chi connectivity index (χ0n) is 13.2. The molecular formula is C17H18N2O3S2. The molecule has 2 heterocycles. The van der Waals surface area contributed by atoms with Gasteiger partial charge in [0.1, 0.15) is 5.75 Å². The van der Waals surface area contributed by atoms with Gasteiger partial charge in [-0.05, 0) is 23.6 Å². The van der Waals surface area contributed by atoms with E-state index in [1.54, 1.807) is 41.1 Å². The number of benzene rings is 1. The van der Waals surface area contributed by atoms with Gasteiger partial charge in [-0.15, -0.1) is 23.1 Å². The highest BCUT2D eigenvalue weighted by atomic mass is 32.2. The summed E-state index contributed by atoms with van der Waals surface area (Å²) in [5.74, 6) is 1.50. The number of carbonyl (C=O) groups is 2. The Labute approximate surface area is 149 Å². The van der Waals surface area contributed by atoms with Gasteiger partial charge in [0.2, 0.25) is 5.91 Å². The topological polar surface area (TPSA) is 58.6 Å². The first-order valence-corrected chi connectivity index (χ1v) is 9.60. The van der Waals surface area contributed by atoms with E-state index < -0.39 is 6.10 Å². The number of hydrogen-bond donors (Lipinski definition) is 1. The Balaban J connectivity index is 1.70. The van der Waals surface area contributed by atoms with E-state index in [0.717, 1.165) is 11.4 Å². The molecule has 7 heteroatoms. The van der Waals surface area contributed by atoms with Crippen LogP contribution in [-0.2, 0) is 15.3 Å². The van der Waals surface area contributed by atoms with Gasteiger partial charge in [0.25, 0.3) is 5.91 Å². The van der Waals surface area contributed by atoms with Crippen molar-refractivity contribution in [1.82, 2.24) is 5.32 Å². The molecule has 0 radical (unpaired) electrons. The van der Waals surface area contributed by atoms with E-state index in [4.69, 9.17) is 4.74 Å². The van der Waals surface area contributed by atoms with Crippen LogP contribution in [0.4, 0.5) is 5.69 Å². The van der Waals surface area contributed by atoms with Gasteiger partial charge >= 0.3 is 0 Å². The molecule has 0 aliphatic carbocycles. The van der Waals surface area contributed by atoms with E-state index in [0.29, 0.717) is 11.5 Å². The van der Waals surface area contributed by atoms with Gasteiger partial charge in [-0.2, -0.15) is 0 Å². The molecule has 2 aromatic rings. The monoisotopic (exact) mass is 362 g/mol. The van der Waals surface area contributed by atoms with Crippen molar-refractivity contribution < 1.29 is 14.3 Å². The number of hydrogen-bond acceptors (Lipinski definition) is 5. The van der Waals surface area contributed by atoms with Crippen molar-refractivity contribution in [1.29, 1.82) is 0 Å². The predicted octanol–water partition coefficient (Wildman–Crippen LogP) is 2.52. The fourth-order valence-corrected chi connectivity index (χ4v) is 4.22. The largest absolute Gasteiger partial charge is 0.477 e. The lowest BCUT2D eigenvalue weighted by molar-refractivity contribution is -0.127. The molecule has 2 amide bonds. The number of thiophene rings is 1. The first-order valence-electron chi connectivity index (χ1n) is 7.57. The number of rotatable bonds is 5. The Hall–Kier alpha value is -1.99. The minimum Gasteiger partial charge on any atom is -0.477 e. The van der Waals surface area contributed by atoms with Gasteiger partial charge in [0.05, 0.1) is 18.0 Å². The SMILES string of the molecule is CNC(=O)[C@H]1CN(C(=O)CSCc2cccs2)c2ccccc2O1. The van der Waals surface area contributed by atoms with Gasteiger partial charge in [-0.25, -0.2) is 0 Å². The molecule has 1 atom stereocenters. The number of para-hydroxylation sites is 2. The minimum atomic E-state index is -0.684. The molecular weight excluding hydrogens is 344 g/mol. The lowest BCUT2D eigenvalue weighted by Crippen LogP contribution is -2.50. The van der Waals surface area contributed by atoms with Crippen molar-refractivity contribution in [2.75, 3.05) is 24.2 Å². The summed E-state index contributed by atoms with van der Waals surface area (Å²) in [4.78, 5) is 27.5. The summed E-state index contributed by atoms with van der Waals surface area (Å²) in [6.45, 7) is 0.231. The highest BCUT2D eigenvalue weighted by Gasteiger charge is 2.33. The van der Waals surface area contributed by atoms with Crippen molar-refractivity contribution >= 4 is 40.6 Å². The van der Waals surface area contributed by atoms with Crippen LogP contribution in [0.5, 0.6) is 5.75 Å². The van der Waals surface area contributed by atoms with Crippen molar-refractivity contribution in [3.05, 3.63) is 46.7 Å². The van der Waals surface area contributed by atoms with Crippen LogP contribution in [-0.4, -0.2) is 37.3 Å². The van der Waals surface area contributed by atoms with Gasteiger partial charge in [0, 0.05) is 17.7 Å². The van der Waals surface area contributed by atoms with Crippen molar-refractivity contribution in [2.45, 2.75) is 11.9 Å². The maximum atomic E-state index is 12.7. The molecule has 5 nitrogen and oxygen atoms in total. The number of fused-ring (bicyclic) bond motifs is 1. The van der Waals surface area contributed by atoms with E-state index in [2.05, 4.69) is 11.4 Å². The van der Waals surface area contributed by atoms with Crippen LogP contribution in [0.2, 0.25) is 0 Å². The molecule has 0 fully saturated rings. The first kappa shape index (κ1) is 16.9. The summed E-state index contributed by atoms with van der Waals surface area (Å²) in [6, 6.07) is 11.4. The molecule has 0 bridgehead atoms. The number of amides is 2. The zero-order chi connectivity index (χ0) is 16.9. The first-order chi connectivity index (χ1) is 11.7. The van der Waals surface area contributed by atoms with Crippen LogP contribution in [0.1, 0.15) is 4.88 Å². The number of carbonyl (C=O) groups excluding carboxylic acids is 2. The third kappa shape index (κ3) is 3.73. The molecule has 1 N–H and O–H groups in total. The van der Waals surface area contributed by atoms with E-state index in [1.165, 1.54) is 4.88 Å². The summed E-state index contributed by atoms with van der Waals surface area (Å²) >= 11 is 3.27. The molecule has 0 unspecified atom stereocenters. The Kier molecular flexibility index (Phi) is 5.42. The van der Waals surface area contributed by atoms with Crippen LogP contribution < -0.4 is 15.0 Å². The predicted molar refractivity (Wildman–Crippen MR) is 97.8 cm³/mol. The normalized spacial score (nSPS) is 16.2. The summed E-state index contributed by atoms with van der Waals surface area (Å²) in [7, 11) is 1.56. The Bertz CT molecular complexity index is 718. The van der Waals surface area contributed by atoms with E-state index >= 15 is 0 Å². The maximum absolute atomic E-state index is 12.7. The van der Waals surface area contributed by atoms with E-state index in [-0.39, 0.29) is 18.4 Å². The molecule has 1 aromatic heterocycles. The number of nitrogens with one attached hydrogen (secondary N) is 1. The third-order valence-electron chi connectivity index (χ3n) is 3.66. The second-order valence-corrected chi connectivity index (χ2v) is 7.28. The number of ether oxygens (including phenoxy) is 1. The Morgan fingerprint density at radius 3 is 2.92 bits per heavy atom. The second-order valence-electron chi connectivity index (χ2n) is 5.26. The molecule has 3 rings (SSSR count). The minimum absolute atomic E-state index is 0.0128. The lowest BCUT2D eigenvalue weighted by Gasteiger charge is -2.34. The van der Waals surface area contributed by atoms with Gasteiger partial charge in [-0.1, -0.05) is 18.2 Å². The molecule has 1 aliphatic rings. The van der Waals surface area contributed by atoms with Crippen LogP contribution in [0.3, 0.4) is 0 Å². The average Bonchev–Trinajstić information content (AvgIpc) is 3.13. The van der Waals surface area contributed by atoms with Crippen molar-refractivity contribution in [3.8, 4) is 5.75 Å². The highest BCUT2D eigenvalue weighted by molar-refractivity contribution is 7.99. The fourth-order valence-electron chi connectivity index (χ4n) is 2.48. The molecule has 0 saturated carbocycles. The van der Waals surface area contributed by atoms with E-state index in [9.17, 15) is 9.59 Å². The van der Waals surface area contributed by atoms with Crippen LogP contribution >= 0.6 is 23.1 Å². The fraction of sp³-hybridized carbons (Fsp3) is 0.294. The molecule has 0 saturated heterocycles.